The molecule has 25 heavy (non-hydrogen) atoms. The Hall–Kier alpha value is -1.34. The molecule has 3 aliphatic rings. The van der Waals surface area contributed by atoms with Gasteiger partial charge < -0.3 is 14.1 Å². The average molecular weight is 367 g/mol. The van der Waals surface area contributed by atoms with Crippen LogP contribution >= 0.6 is 0 Å². The summed E-state index contributed by atoms with van der Waals surface area (Å²) in [4.78, 5) is 14.3. The van der Waals surface area contributed by atoms with Gasteiger partial charge >= 0.3 is 0 Å². The highest BCUT2D eigenvalue weighted by atomic mass is 32.2. The molecule has 1 aliphatic carbocycles. The van der Waals surface area contributed by atoms with E-state index < -0.39 is 14.6 Å². The first-order valence-corrected chi connectivity index (χ1v) is 10.6. The first kappa shape index (κ1) is 17.1. The fourth-order valence-electron chi connectivity index (χ4n) is 4.13. The SMILES string of the molecule is Cc1cc(C(=O)N2CC3(C2)[C@H](COCC2CC2)CCS3(=O)=O)c(C)o1. The number of nitrogens with zero attached hydrogens (tertiary/aromatic N) is 1. The second kappa shape index (κ2) is 5.84. The van der Waals surface area contributed by atoms with Crippen molar-refractivity contribution in [1.82, 2.24) is 4.90 Å². The Morgan fingerprint density at radius 2 is 2.00 bits per heavy atom. The van der Waals surface area contributed by atoms with Gasteiger partial charge in [0, 0.05) is 25.6 Å². The van der Waals surface area contributed by atoms with Crippen LogP contribution in [0.5, 0.6) is 0 Å². The fourth-order valence-corrected chi connectivity index (χ4v) is 6.53. The normalized spacial score (nSPS) is 26.8. The Kier molecular flexibility index (Phi) is 3.99. The van der Waals surface area contributed by atoms with E-state index in [0.717, 1.165) is 6.61 Å². The highest BCUT2D eigenvalue weighted by Crippen LogP contribution is 2.45. The highest BCUT2D eigenvalue weighted by Gasteiger charge is 2.62. The molecule has 1 spiro atoms. The van der Waals surface area contributed by atoms with Crippen molar-refractivity contribution < 1.29 is 22.4 Å². The molecule has 1 amide bonds. The lowest BCUT2D eigenvalue weighted by atomic mass is 9.83. The molecule has 2 aliphatic heterocycles. The molecule has 7 heteroatoms. The molecule has 0 radical (unpaired) electrons. The molecule has 0 aromatic carbocycles. The largest absolute Gasteiger partial charge is 0.466 e. The number of hydrogen-bond acceptors (Lipinski definition) is 5. The lowest BCUT2D eigenvalue weighted by molar-refractivity contribution is 0.0227. The number of hydrogen-bond donors (Lipinski definition) is 0. The van der Waals surface area contributed by atoms with Crippen LogP contribution in [0.1, 0.15) is 41.1 Å². The van der Waals surface area contributed by atoms with Gasteiger partial charge in [0.15, 0.2) is 9.84 Å². The van der Waals surface area contributed by atoms with Crippen LogP contribution in [-0.4, -0.2) is 56.0 Å². The van der Waals surface area contributed by atoms with Gasteiger partial charge in [0.2, 0.25) is 0 Å². The number of carbonyl (C=O) groups is 1. The van der Waals surface area contributed by atoms with E-state index in [0.29, 0.717) is 36.0 Å². The fraction of sp³-hybridized carbons (Fsp3) is 0.722. The zero-order chi connectivity index (χ0) is 17.8. The summed E-state index contributed by atoms with van der Waals surface area (Å²) in [5.74, 6) is 2.00. The number of amides is 1. The molecule has 1 saturated carbocycles. The van der Waals surface area contributed by atoms with Crippen LogP contribution in [0.15, 0.2) is 10.5 Å². The van der Waals surface area contributed by atoms with Gasteiger partial charge in [-0.3, -0.25) is 4.79 Å². The standard InChI is InChI=1S/C18H25NO5S/c1-12-7-16(13(2)24-12)17(20)19-10-18(11-19)15(5-6-25(18,21)22)9-23-8-14-3-4-14/h7,14-15H,3-6,8-11H2,1-2H3/t15-/m0/s1. The molecule has 1 atom stereocenters. The van der Waals surface area contributed by atoms with Crippen molar-refractivity contribution in [3.05, 3.63) is 23.2 Å². The van der Waals surface area contributed by atoms with Gasteiger partial charge in [-0.2, -0.15) is 0 Å². The number of carbonyl (C=O) groups excluding carboxylic acids is 1. The number of furan rings is 1. The highest BCUT2D eigenvalue weighted by molar-refractivity contribution is 7.93. The maximum atomic E-state index is 12.7. The first-order valence-electron chi connectivity index (χ1n) is 8.99. The van der Waals surface area contributed by atoms with E-state index in [1.807, 2.05) is 0 Å². The van der Waals surface area contributed by atoms with E-state index in [1.54, 1.807) is 24.8 Å². The number of rotatable bonds is 5. The van der Waals surface area contributed by atoms with Crippen LogP contribution in [0, 0.1) is 25.7 Å². The monoisotopic (exact) mass is 367 g/mol. The van der Waals surface area contributed by atoms with Gasteiger partial charge in [-0.15, -0.1) is 0 Å². The third-order valence-corrected chi connectivity index (χ3v) is 8.55. The molecule has 0 unspecified atom stereocenters. The third-order valence-electron chi connectivity index (χ3n) is 5.94. The summed E-state index contributed by atoms with van der Waals surface area (Å²) in [5, 5.41) is 0. The van der Waals surface area contributed by atoms with Gasteiger partial charge in [0.05, 0.1) is 17.9 Å². The Labute approximate surface area is 148 Å². The number of aryl methyl sites for hydroxylation is 2. The third kappa shape index (κ3) is 2.81. The molecule has 4 rings (SSSR count). The Bertz CT molecular complexity index is 786. The quantitative estimate of drug-likeness (QED) is 0.795. The lowest BCUT2D eigenvalue weighted by Crippen LogP contribution is -2.68. The summed E-state index contributed by atoms with van der Waals surface area (Å²) in [6.45, 7) is 5.33. The van der Waals surface area contributed by atoms with Gasteiger partial charge in [0.1, 0.15) is 16.3 Å². The molecule has 0 bridgehead atoms. The van der Waals surface area contributed by atoms with Gasteiger partial charge in [-0.1, -0.05) is 0 Å². The van der Waals surface area contributed by atoms with Gasteiger partial charge in [0.25, 0.3) is 5.91 Å². The maximum absolute atomic E-state index is 12.7. The van der Waals surface area contributed by atoms with Crippen molar-refractivity contribution in [3.8, 4) is 0 Å². The van der Waals surface area contributed by atoms with Crippen molar-refractivity contribution in [3.63, 3.8) is 0 Å². The zero-order valence-electron chi connectivity index (χ0n) is 14.8. The van der Waals surface area contributed by atoms with E-state index in [2.05, 4.69) is 0 Å². The summed E-state index contributed by atoms with van der Waals surface area (Å²) < 4.78 is 35.7. The molecular formula is C18H25NO5S. The van der Waals surface area contributed by atoms with E-state index in [4.69, 9.17) is 9.15 Å². The van der Waals surface area contributed by atoms with Crippen LogP contribution in [0.4, 0.5) is 0 Å². The second-order valence-corrected chi connectivity index (χ2v) is 10.3. The van der Waals surface area contributed by atoms with Crippen LogP contribution in [-0.2, 0) is 14.6 Å². The Balaban J connectivity index is 1.45. The van der Waals surface area contributed by atoms with Crippen LogP contribution in [0.3, 0.4) is 0 Å². The minimum atomic E-state index is -3.18. The summed E-state index contributed by atoms with van der Waals surface area (Å²) in [5.41, 5.74) is 0.532. The summed E-state index contributed by atoms with van der Waals surface area (Å²) >= 11 is 0. The molecule has 3 heterocycles. The topological polar surface area (TPSA) is 76.8 Å². The molecule has 3 fully saturated rings. The maximum Gasteiger partial charge on any atom is 0.257 e. The van der Waals surface area contributed by atoms with Crippen LogP contribution in [0.25, 0.3) is 0 Å². The zero-order valence-corrected chi connectivity index (χ0v) is 15.6. The van der Waals surface area contributed by atoms with Gasteiger partial charge in [-0.25, -0.2) is 8.42 Å². The second-order valence-electron chi connectivity index (χ2n) is 7.84. The van der Waals surface area contributed by atoms with E-state index in [1.165, 1.54) is 12.8 Å². The minimum Gasteiger partial charge on any atom is -0.466 e. The predicted octanol–water partition coefficient (Wildman–Crippen LogP) is 1.95. The van der Waals surface area contributed by atoms with Crippen LogP contribution in [0.2, 0.25) is 0 Å². The van der Waals surface area contributed by atoms with Crippen molar-refractivity contribution in [2.45, 2.75) is 37.9 Å². The number of likely N-dealkylation sites (tertiary alicyclic amines) is 1. The summed E-state index contributed by atoms with van der Waals surface area (Å²) in [6.07, 6.45) is 3.08. The van der Waals surface area contributed by atoms with Crippen molar-refractivity contribution in [2.24, 2.45) is 11.8 Å². The number of sulfone groups is 1. The molecule has 138 valence electrons. The first-order chi connectivity index (χ1) is 11.8. The average Bonchev–Trinajstić information content (AvgIpc) is 3.19. The molecule has 2 saturated heterocycles. The van der Waals surface area contributed by atoms with E-state index in [-0.39, 0.29) is 30.7 Å². The molecule has 0 N–H and O–H groups in total. The Morgan fingerprint density at radius 3 is 2.60 bits per heavy atom. The minimum absolute atomic E-state index is 0.00696. The summed E-state index contributed by atoms with van der Waals surface area (Å²) in [7, 11) is -3.18. The van der Waals surface area contributed by atoms with Crippen molar-refractivity contribution in [1.29, 1.82) is 0 Å². The van der Waals surface area contributed by atoms with E-state index in [9.17, 15) is 13.2 Å². The number of ether oxygens (including phenoxy) is 1. The van der Waals surface area contributed by atoms with Gasteiger partial charge in [-0.05, 0) is 45.1 Å². The predicted molar refractivity (Wildman–Crippen MR) is 92.3 cm³/mol. The molecular weight excluding hydrogens is 342 g/mol. The van der Waals surface area contributed by atoms with Crippen LogP contribution < -0.4 is 0 Å². The lowest BCUT2D eigenvalue weighted by Gasteiger charge is -2.49. The molecule has 1 aromatic rings. The van der Waals surface area contributed by atoms with E-state index >= 15 is 0 Å². The Morgan fingerprint density at radius 1 is 1.28 bits per heavy atom. The molecule has 6 nitrogen and oxygen atoms in total. The smallest absolute Gasteiger partial charge is 0.257 e. The van der Waals surface area contributed by atoms with Crippen molar-refractivity contribution in [2.75, 3.05) is 32.1 Å². The molecule has 1 aromatic heterocycles. The summed E-state index contributed by atoms with van der Waals surface area (Å²) in [6, 6.07) is 1.72. The van der Waals surface area contributed by atoms with Crippen molar-refractivity contribution >= 4 is 15.7 Å².